The summed E-state index contributed by atoms with van der Waals surface area (Å²) in [7, 11) is 0. The molecule has 1 amide bonds. The third-order valence-electron chi connectivity index (χ3n) is 4.65. The summed E-state index contributed by atoms with van der Waals surface area (Å²) in [4.78, 5) is 36.4. The van der Waals surface area contributed by atoms with Crippen molar-refractivity contribution >= 4 is 18.0 Å². The topological polar surface area (TPSA) is 102 Å². The fraction of sp³-hybridized carbons (Fsp3) is 0.160. The second-order valence-electron chi connectivity index (χ2n) is 7.00. The van der Waals surface area contributed by atoms with E-state index >= 15 is 0 Å². The number of carboxylic acid groups (broad SMARTS) is 1. The van der Waals surface area contributed by atoms with E-state index in [0.717, 1.165) is 11.1 Å². The van der Waals surface area contributed by atoms with Crippen molar-refractivity contribution in [3.05, 3.63) is 108 Å². The smallest absolute Gasteiger partial charge is 0.408 e. The summed E-state index contributed by atoms with van der Waals surface area (Å²) in [6.07, 6.45) is -1.41. The number of esters is 1. The molecular weight excluding hydrogens is 410 g/mol. The van der Waals surface area contributed by atoms with Crippen molar-refractivity contribution < 1.29 is 29.0 Å². The third kappa shape index (κ3) is 6.70. The summed E-state index contributed by atoms with van der Waals surface area (Å²) >= 11 is 0. The first kappa shape index (κ1) is 22.6. The molecule has 0 fully saturated rings. The zero-order valence-corrected chi connectivity index (χ0v) is 17.2. The number of amides is 1. The maximum Gasteiger partial charge on any atom is 0.408 e. The molecule has 0 bridgehead atoms. The maximum absolute atomic E-state index is 12.7. The van der Waals surface area contributed by atoms with Gasteiger partial charge >= 0.3 is 18.0 Å². The number of nitrogens with one attached hydrogen (secondary N) is 1. The molecule has 2 unspecified atom stereocenters. The van der Waals surface area contributed by atoms with E-state index in [9.17, 15) is 19.5 Å². The summed E-state index contributed by atoms with van der Waals surface area (Å²) < 4.78 is 10.6. The van der Waals surface area contributed by atoms with Crippen molar-refractivity contribution in [1.29, 1.82) is 0 Å². The Hall–Kier alpha value is -4.13. The minimum Gasteiger partial charge on any atom is -0.479 e. The average molecular weight is 433 g/mol. The van der Waals surface area contributed by atoms with Crippen LogP contribution >= 0.6 is 0 Å². The van der Waals surface area contributed by atoms with Crippen LogP contribution in [0.5, 0.6) is 0 Å². The Morgan fingerprint density at radius 1 is 0.781 bits per heavy atom. The second kappa shape index (κ2) is 11.3. The quantitative estimate of drug-likeness (QED) is 0.392. The van der Waals surface area contributed by atoms with E-state index in [4.69, 9.17) is 9.47 Å². The molecule has 164 valence electrons. The average Bonchev–Trinajstić information content (AvgIpc) is 2.82. The van der Waals surface area contributed by atoms with Gasteiger partial charge in [0, 0.05) is 6.42 Å². The number of carbonyl (C=O) groups excluding carboxylic acids is 2. The van der Waals surface area contributed by atoms with Crippen LogP contribution in [-0.2, 0) is 32.1 Å². The first-order valence-electron chi connectivity index (χ1n) is 10.0. The van der Waals surface area contributed by atoms with Gasteiger partial charge in [0.25, 0.3) is 0 Å². The molecule has 0 heterocycles. The zero-order chi connectivity index (χ0) is 22.8. The molecule has 0 aliphatic rings. The fourth-order valence-electron chi connectivity index (χ4n) is 3.04. The van der Waals surface area contributed by atoms with Crippen molar-refractivity contribution in [1.82, 2.24) is 5.32 Å². The first-order chi connectivity index (χ1) is 15.5. The Kier molecular flexibility index (Phi) is 7.97. The van der Waals surface area contributed by atoms with Crippen LogP contribution in [0.4, 0.5) is 4.79 Å². The molecule has 7 heteroatoms. The lowest BCUT2D eigenvalue weighted by molar-refractivity contribution is -0.159. The number of alkyl carbamates (subject to hydrolysis) is 1. The van der Waals surface area contributed by atoms with Crippen LogP contribution in [-0.4, -0.2) is 29.2 Å². The molecule has 0 aliphatic heterocycles. The van der Waals surface area contributed by atoms with Crippen LogP contribution in [0.15, 0.2) is 91.0 Å². The van der Waals surface area contributed by atoms with Gasteiger partial charge in [-0.1, -0.05) is 91.0 Å². The van der Waals surface area contributed by atoms with Crippen LogP contribution in [0, 0.1) is 0 Å². The van der Waals surface area contributed by atoms with Gasteiger partial charge in [0.1, 0.15) is 12.7 Å². The standard InChI is InChI=1S/C25H23NO6/c27-23(28)22(26-25(30)31-17-19-12-6-2-7-13-19)24(29)32-21(20-14-8-3-9-15-20)16-18-10-4-1-5-11-18/h1-15,21-22H,16-17H2,(H,26,30)(H,27,28). The van der Waals surface area contributed by atoms with Gasteiger partial charge in [0.05, 0.1) is 0 Å². The highest BCUT2D eigenvalue weighted by Crippen LogP contribution is 2.23. The molecule has 0 radical (unpaired) electrons. The molecule has 32 heavy (non-hydrogen) atoms. The minimum atomic E-state index is -1.90. The highest BCUT2D eigenvalue weighted by Gasteiger charge is 2.32. The number of carboxylic acids is 1. The highest BCUT2D eigenvalue weighted by molar-refractivity contribution is 6.00. The lowest BCUT2D eigenvalue weighted by atomic mass is 10.0. The largest absolute Gasteiger partial charge is 0.479 e. The molecule has 0 aliphatic carbocycles. The molecule has 0 saturated carbocycles. The third-order valence-corrected chi connectivity index (χ3v) is 4.65. The van der Waals surface area contributed by atoms with Crippen molar-refractivity contribution in [2.24, 2.45) is 0 Å². The Bertz CT molecular complexity index is 1020. The molecule has 2 atom stereocenters. The number of hydrogen-bond donors (Lipinski definition) is 2. The van der Waals surface area contributed by atoms with Crippen molar-refractivity contribution in [2.45, 2.75) is 25.2 Å². The highest BCUT2D eigenvalue weighted by atomic mass is 16.6. The van der Waals surface area contributed by atoms with E-state index in [-0.39, 0.29) is 6.61 Å². The number of carbonyl (C=O) groups is 3. The fourth-order valence-corrected chi connectivity index (χ4v) is 3.04. The van der Waals surface area contributed by atoms with Crippen LogP contribution in [0.3, 0.4) is 0 Å². The first-order valence-corrected chi connectivity index (χ1v) is 10.0. The molecule has 3 rings (SSSR count). The Labute approximate surface area is 185 Å². The molecule has 3 aromatic rings. The van der Waals surface area contributed by atoms with E-state index in [1.54, 1.807) is 48.5 Å². The second-order valence-corrected chi connectivity index (χ2v) is 7.00. The van der Waals surface area contributed by atoms with Crippen LogP contribution in [0.2, 0.25) is 0 Å². The number of benzene rings is 3. The Morgan fingerprint density at radius 3 is 1.88 bits per heavy atom. The van der Waals surface area contributed by atoms with E-state index < -0.39 is 30.2 Å². The predicted molar refractivity (Wildman–Crippen MR) is 117 cm³/mol. The molecule has 7 nitrogen and oxygen atoms in total. The van der Waals surface area contributed by atoms with Gasteiger partial charge < -0.3 is 14.6 Å². The Balaban J connectivity index is 1.67. The van der Waals surface area contributed by atoms with Gasteiger partial charge in [-0.15, -0.1) is 0 Å². The van der Waals surface area contributed by atoms with Gasteiger partial charge in [-0.25, -0.2) is 14.4 Å². The van der Waals surface area contributed by atoms with E-state index in [1.165, 1.54) is 0 Å². The zero-order valence-electron chi connectivity index (χ0n) is 17.2. The number of aliphatic carboxylic acids is 1. The lowest BCUT2D eigenvalue weighted by Gasteiger charge is -2.21. The molecule has 3 aromatic carbocycles. The van der Waals surface area contributed by atoms with E-state index in [1.807, 2.05) is 42.5 Å². The normalized spacial score (nSPS) is 12.2. The van der Waals surface area contributed by atoms with Gasteiger partial charge in [-0.3, -0.25) is 5.32 Å². The number of ether oxygens (including phenoxy) is 2. The summed E-state index contributed by atoms with van der Waals surface area (Å²) in [6, 6.07) is 25.4. The Morgan fingerprint density at radius 2 is 1.31 bits per heavy atom. The number of hydrogen-bond acceptors (Lipinski definition) is 5. The maximum atomic E-state index is 12.7. The monoisotopic (exact) mass is 433 g/mol. The van der Waals surface area contributed by atoms with Crippen molar-refractivity contribution in [2.75, 3.05) is 0 Å². The van der Waals surface area contributed by atoms with E-state index in [0.29, 0.717) is 12.0 Å². The molecular formula is C25H23NO6. The van der Waals surface area contributed by atoms with Crippen LogP contribution in [0.1, 0.15) is 22.8 Å². The minimum absolute atomic E-state index is 0.0608. The molecule has 2 N–H and O–H groups in total. The molecule has 0 aromatic heterocycles. The van der Waals surface area contributed by atoms with Crippen molar-refractivity contribution in [3.8, 4) is 0 Å². The van der Waals surface area contributed by atoms with Gasteiger partial charge in [-0.2, -0.15) is 0 Å². The van der Waals surface area contributed by atoms with Crippen molar-refractivity contribution in [3.63, 3.8) is 0 Å². The van der Waals surface area contributed by atoms with Gasteiger partial charge in [0.15, 0.2) is 0 Å². The molecule has 0 spiro atoms. The van der Waals surface area contributed by atoms with Crippen LogP contribution in [0.25, 0.3) is 0 Å². The van der Waals surface area contributed by atoms with Gasteiger partial charge in [0.2, 0.25) is 6.04 Å². The summed E-state index contributed by atoms with van der Waals surface area (Å²) in [5.74, 6) is -2.63. The summed E-state index contributed by atoms with van der Waals surface area (Å²) in [5, 5.41) is 11.6. The van der Waals surface area contributed by atoms with E-state index in [2.05, 4.69) is 5.32 Å². The SMILES string of the molecule is O=C(NC(C(=O)O)C(=O)OC(Cc1ccccc1)c1ccccc1)OCc1ccccc1. The summed E-state index contributed by atoms with van der Waals surface area (Å²) in [6.45, 7) is -0.0608. The summed E-state index contributed by atoms with van der Waals surface area (Å²) in [5.41, 5.74) is 2.35. The van der Waals surface area contributed by atoms with Gasteiger partial charge in [-0.05, 0) is 16.7 Å². The number of rotatable bonds is 9. The molecule has 0 saturated heterocycles. The van der Waals surface area contributed by atoms with Crippen LogP contribution < -0.4 is 5.32 Å². The lowest BCUT2D eigenvalue weighted by Crippen LogP contribution is -2.47. The predicted octanol–water partition coefficient (Wildman–Crippen LogP) is 3.89.